The summed E-state index contributed by atoms with van der Waals surface area (Å²) in [5.41, 5.74) is 0.533. The number of nitrogens with one attached hydrogen (secondary N) is 3. The number of anilines is 1. The van der Waals surface area contributed by atoms with Gasteiger partial charge in [-0.25, -0.2) is 4.39 Å². The fourth-order valence-corrected chi connectivity index (χ4v) is 3.34. The quantitative estimate of drug-likeness (QED) is 0.644. The molecule has 4 rings (SSSR count). The van der Waals surface area contributed by atoms with Gasteiger partial charge in [-0.05, 0) is 25.0 Å². The van der Waals surface area contributed by atoms with Crippen LogP contribution in [-0.2, 0) is 0 Å². The van der Waals surface area contributed by atoms with Crippen LogP contribution < -0.4 is 10.7 Å². The van der Waals surface area contributed by atoms with Crippen LogP contribution in [0.4, 0.5) is 10.2 Å². The molecule has 118 valence electrons. The lowest BCUT2D eigenvalue weighted by atomic mass is 10.1. The summed E-state index contributed by atoms with van der Waals surface area (Å²) in [5.74, 6) is 0.0293. The minimum atomic E-state index is -0.439. The highest BCUT2D eigenvalue weighted by Crippen LogP contribution is 2.30. The van der Waals surface area contributed by atoms with E-state index in [0.717, 1.165) is 31.9 Å². The molecule has 2 aromatic heterocycles. The lowest BCUT2D eigenvalue weighted by molar-refractivity contribution is 0.633. The highest BCUT2D eigenvalue weighted by atomic mass is 19.1. The lowest BCUT2D eigenvalue weighted by Gasteiger charge is -2.15. The highest BCUT2D eigenvalue weighted by molar-refractivity contribution is 6.05. The van der Waals surface area contributed by atoms with Crippen LogP contribution in [0.15, 0.2) is 27.4 Å². The van der Waals surface area contributed by atoms with E-state index in [0.29, 0.717) is 16.9 Å². The Kier molecular flexibility index (Phi) is 3.18. The summed E-state index contributed by atoms with van der Waals surface area (Å²) in [6.07, 6.45) is 5.36. The van der Waals surface area contributed by atoms with Gasteiger partial charge >= 0.3 is 0 Å². The number of rotatable bonds is 3. The molecule has 0 unspecified atom stereocenters. The third kappa shape index (κ3) is 2.13. The zero-order valence-electron chi connectivity index (χ0n) is 12.4. The van der Waals surface area contributed by atoms with Crippen molar-refractivity contribution in [3.8, 4) is 0 Å². The van der Waals surface area contributed by atoms with Gasteiger partial charge < -0.3 is 20.1 Å². The standard InChI is InChI=1S/C17H16FN3O2/c18-11-6-3-7-12-13(11)14-16(23-12)15(22)10(8-19)17(21-14)20-9-4-1-2-5-9/h3,6-9,19H,1-2,4-5H2,(H2,20,21,22). The Morgan fingerprint density at radius 2 is 2.13 bits per heavy atom. The van der Waals surface area contributed by atoms with Crippen LogP contribution in [0.2, 0.25) is 0 Å². The maximum Gasteiger partial charge on any atom is 0.235 e. The molecule has 0 radical (unpaired) electrons. The average Bonchev–Trinajstić information content (AvgIpc) is 3.16. The van der Waals surface area contributed by atoms with Gasteiger partial charge in [0.2, 0.25) is 5.43 Å². The molecule has 3 aromatic rings. The van der Waals surface area contributed by atoms with Crippen LogP contribution in [-0.4, -0.2) is 17.2 Å². The fourth-order valence-electron chi connectivity index (χ4n) is 3.34. The zero-order chi connectivity index (χ0) is 16.0. The summed E-state index contributed by atoms with van der Waals surface area (Å²) in [6, 6.07) is 4.77. The van der Waals surface area contributed by atoms with Gasteiger partial charge in [-0.3, -0.25) is 4.79 Å². The highest BCUT2D eigenvalue weighted by Gasteiger charge is 2.21. The number of furan rings is 1. The van der Waals surface area contributed by atoms with E-state index in [1.807, 2.05) is 0 Å². The van der Waals surface area contributed by atoms with Gasteiger partial charge in [-0.2, -0.15) is 0 Å². The second kappa shape index (κ2) is 5.22. The topological polar surface area (TPSA) is 81.9 Å². The average molecular weight is 313 g/mol. The van der Waals surface area contributed by atoms with Gasteiger partial charge in [0.05, 0.1) is 10.9 Å². The number of aromatic amines is 1. The zero-order valence-corrected chi connectivity index (χ0v) is 12.4. The Hall–Kier alpha value is -2.63. The molecule has 6 heteroatoms. The molecule has 0 aliphatic heterocycles. The van der Waals surface area contributed by atoms with Gasteiger partial charge in [-0.15, -0.1) is 0 Å². The third-order valence-corrected chi connectivity index (χ3v) is 4.48. The Balaban J connectivity index is 1.99. The summed E-state index contributed by atoms with van der Waals surface area (Å²) >= 11 is 0. The van der Waals surface area contributed by atoms with Crippen molar-refractivity contribution < 1.29 is 8.81 Å². The molecule has 3 N–H and O–H groups in total. The maximum atomic E-state index is 14.2. The van der Waals surface area contributed by atoms with Crippen molar-refractivity contribution in [2.24, 2.45) is 0 Å². The van der Waals surface area contributed by atoms with Crippen LogP contribution in [0, 0.1) is 11.2 Å². The molecule has 1 aromatic carbocycles. The number of halogens is 1. The SMILES string of the molecule is N=Cc1c(NC2CCCC2)[nH]c2c(oc3cccc(F)c32)c1=O. The molecule has 5 nitrogen and oxygen atoms in total. The second-order valence-corrected chi connectivity index (χ2v) is 5.93. The molecule has 1 fully saturated rings. The van der Waals surface area contributed by atoms with Gasteiger partial charge in [0.25, 0.3) is 0 Å². The minimum Gasteiger partial charge on any atom is -0.450 e. The first-order chi connectivity index (χ1) is 11.2. The largest absolute Gasteiger partial charge is 0.450 e. The van der Waals surface area contributed by atoms with Crippen molar-refractivity contribution in [1.29, 1.82) is 5.41 Å². The lowest BCUT2D eigenvalue weighted by Crippen LogP contribution is -2.21. The maximum absolute atomic E-state index is 14.2. The second-order valence-electron chi connectivity index (χ2n) is 5.93. The van der Waals surface area contributed by atoms with E-state index in [4.69, 9.17) is 9.83 Å². The van der Waals surface area contributed by atoms with Gasteiger partial charge in [0.15, 0.2) is 5.58 Å². The van der Waals surface area contributed by atoms with Crippen molar-refractivity contribution in [2.45, 2.75) is 31.7 Å². The summed E-state index contributed by atoms with van der Waals surface area (Å²) in [7, 11) is 0. The van der Waals surface area contributed by atoms with E-state index in [2.05, 4.69) is 10.3 Å². The Morgan fingerprint density at radius 1 is 1.35 bits per heavy atom. The summed E-state index contributed by atoms with van der Waals surface area (Å²) in [5, 5.41) is 11.1. The van der Waals surface area contributed by atoms with Crippen LogP contribution in [0.25, 0.3) is 22.1 Å². The number of fused-ring (bicyclic) bond motifs is 3. The molecule has 0 atom stereocenters. The summed E-state index contributed by atoms with van der Waals surface area (Å²) in [6.45, 7) is 0. The van der Waals surface area contributed by atoms with Crippen molar-refractivity contribution in [1.82, 2.24) is 4.98 Å². The molecule has 23 heavy (non-hydrogen) atoms. The first kappa shape index (κ1) is 14.0. The number of aromatic nitrogens is 1. The first-order valence-electron chi connectivity index (χ1n) is 7.73. The molecule has 0 bridgehead atoms. The number of benzene rings is 1. The van der Waals surface area contributed by atoms with Crippen molar-refractivity contribution >= 4 is 34.1 Å². The van der Waals surface area contributed by atoms with Gasteiger partial charge in [0, 0.05) is 12.3 Å². The number of H-pyrrole nitrogens is 1. The molecule has 1 aliphatic rings. The monoisotopic (exact) mass is 313 g/mol. The Bertz CT molecular complexity index is 967. The Labute approximate surface area is 131 Å². The molecular formula is C17H16FN3O2. The van der Waals surface area contributed by atoms with Crippen molar-refractivity contribution in [2.75, 3.05) is 5.32 Å². The van der Waals surface area contributed by atoms with Crippen molar-refractivity contribution in [3.63, 3.8) is 0 Å². The predicted molar refractivity (Wildman–Crippen MR) is 88.1 cm³/mol. The Morgan fingerprint density at radius 3 is 2.87 bits per heavy atom. The van der Waals surface area contributed by atoms with E-state index in [1.165, 1.54) is 6.07 Å². The summed E-state index contributed by atoms with van der Waals surface area (Å²) in [4.78, 5) is 15.7. The van der Waals surface area contributed by atoms with Crippen molar-refractivity contribution in [3.05, 3.63) is 39.8 Å². The summed E-state index contributed by atoms with van der Waals surface area (Å²) < 4.78 is 19.7. The van der Waals surface area contributed by atoms with E-state index in [-0.39, 0.29) is 22.6 Å². The minimum absolute atomic E-state index is 0.0561. The normalized spacial score (nSPS) is 15.5. The van der Waals surface area contributed by atoms with Crippen LogP contribution in [0.5, 0.6) is 0 Å². The van der Waals surface area contributed by atoms with E-state index < -0.39 is 11.2 Å². The third-order valence-electron chi connectivity index (χ3n) is 4.48. The molecule has 1 aliphatic carbocycles. The number of hydrogen-bond acceptors (Lipinski definition) is 4. The number of pyridine rings is 1. The fraction of sp³-hybridized carbons (Fsp3) is 0.294. The van der Waals surface area contributed by atoms with Gasteiger partial charge in [-0.1, -0.05) is 18.9 Å². The molecular weight excluding hydrogens is 297 g/mol. The van der Waals surface area contributed by atoms with Crippen LogP contribution in [0.3, 0.4) is 0 Å². The molecule has 0 spiro atoms. The molecule has 2 heterocycles. The number of hydrogen-bond donors (Lipinski definition) is 3. The van der Waals surface area contributed by atoms with Crippen LogP contribution >= 0.6 is 0 Å². The molecule has 0 saturated heterocycles. The molecule has 1 saturated carbocycles. The van der Waals surface area contributed by atoms with E-state index >= 15 is 0 Å². The molecule has 0 amide bonds. The van der Waals surface area contributed by atoms with E-state index in [1.54, 1.807) is 12.1 Å². The predicted octanol–water partition coefficient (Wildman–Crippen LogP) is 3.77. The van der Waals surface area contributed by atoms with Crippen LogP contribution in [0.1, 0.15) is 31.2 Å². The van der Waals surface area contributed by atoms with E-state index in [9.17, 15) is 9.18 Å². The first-order valence-corrected chi connectivity index (χ1v) is 7.73. The van der Waals surface area contributed by atoms with Gasteiger partial charge in [0.1, 0.15) is 22.7 Å². The smallest absolute Gasteiger partial charge is 0.235 e.